The van der Waals surface area contributed by atoms with Crippen LogP contribution < -0.4 is 10.1 Å². The lowest BCUT2D eigenvalue weighted by Crippen LogP contribution is -2.14. The number of aryl methyl sites for hydroxylation is 1. The predicted molar refractivity (Wildman–Crippen MR) is 127 cm³/mol. The normalized spacial score (nSPS) is 13.8. The first-order chi connectivity index (χ1) is 16.2. The molecule has 0 saturated carbocycles. The topological polar surface area (TPSA) is 89.3 Å². The second-order valence-corrected chi connectivity index (χ2v) is 8.27. The number of fused-ring (bicyclic) bond motifs is 2. The standard InChI is InChI=1S/C26H26N4O3/c31-26(32)16-25(19-3-1-11-27-17-19)30-13-9-18-15-21(6-8-24(18)30)33-14-10-20-5-7-22-23(29-20)4-2-12-28-22/h1,3,5-9,11,13,15,17,25,28H,2,4,10,12,14,16H2,(H,31,32). The van der Waals surface area contributed by atoms with Gasteiger partial charge in [0.1, 0.15) is 5.75 Å². The maximum atomic E-state index is 11.5. The van der Waals surface area contributed by atoms with Crippen molar-refractivity contribution in [2.75, 3.05) is 18.5 Å². The number of nitrogens with one attached hydrogen (secondary N) is 1. The Hall–Kier alpha value is -3.87. The highest BCUT2D eigenvalue weighted by atomic mass is 16.5. The summed E-state index contributed by atoms with van der Waals surface area (Å²) in [6.07, 6.45) is 8.21. The quantitative estimate of drug-likeness (QED) is 0.418. The summed E-state index contributed by atoms with van der Waals surface area (Å²) in [4.78, 5) is 20.5. The molecule has 0 spiro atoms. The fraction of sp³-hybridized carbons (Fsp3) is 0.269. The molecule has 1 unspecified atom stereocenters. The summed E-state index contributed by atoms with van der Waals surface area (Å²) < 4.78 is 8.01. The monoisotopic (exact) mass is 442 g/mol. The highest BCUT2D eigenvalue weighted by Crippen LogP contribution is 2.29. The van der Waals surface area contributed by atoms with E-state index in [1.807, 2.05) is 47.2 Å². The third-order valence-corrected chi connectivity index (χ3v) is 6.03. The summed E-state index contributed by atoms with van der Waals surface area (Å²) in [5.74, 6) is -0.0618. The van der Waals surface area contributed by atoms with Gasteiger partial charge in [0, 0.05) is 48.2 Å². The predicted octanol–water partition coefficient (Wildman–Crippen LogP) is 4.48. The number of anilines is 1. The van der Waals surface area contributed by atoms with Crippen LogP contribution in [0.2, 0.25) is 0 Å². The number of rotatable bonds is 8. The van der Waals surface area contributed by atoms with Crippen molar-refractivity contribution in [3.05, 3.63) is 84.1 Å². The Morgan fingerprint density at radius 2 is 2.15 bits per heavy atom. The second kappa shape index (κ2) is 9.32. The first kappa shape index (κ1) is 21.0. The zero-order valence-corrected chi connectivity index (χ0v) is 18.3. The second-order valence-electron chi connectivity index (χ2n) is 8.27. The van der Waals surface area contributed by atoms with Crippen LogP contribution in [0.25, 0.3) is 10.9 Å². The molecule has 4 aromatic rings. The molecule has 0 bridgehead atoms. The van der Waals surface area contributed by atoms with Crippen molar-refractivity contribution < 1.29 is 14.6 Å². The van der Waals surface area contributed by atoms with Crippen LogP contribution >= 0.6 is 0 Å². The van der Waals surface area contributed by atoms with Crippen LogP contribution in [0.3, 0.4) is 0 Å². The Balaban J connectivity index is 1.30. The van der Waals surface area contributed by atoms with E-state index in [-0.39, 0.29) is 12.5 Å². The van der Waals surface area contributed by atoms with Gasteiger partial charge < -0.3 is 19.7 Å². The van der Waals surface area contributed by atoms with Gasteiger partial charge >= 0.3 is 5.97 Å². The minimum Gasteiger partial charge on any atom is -0.493 e. The van der Waals surface area contributed by atoms with Gasteiger partial charge in [-0.3, -0.25) is 14.8 Å². The number of carbonyl (C=O) groups is 1. The molecule has 0 aliphatic carbocycles. The van der Waals surface area contributed by atoms with Crippen molar-refractivity contribution in [2.24, 2.45) is 0 Å². The Labute approximate surface area is 192 Å². The molecule has 4 heterocycles. The molecular formula is C26H26N4O3. The lowest BCUT2D eigenvalue weighted by Gasteiger charge is -2.19. The Bertz CT molecular complexity index is 1270. The molecule has 3 aromatic heterocycles. The Morgan fingerprint density at radius 3 is 3.00 bits per heavy atom. The van der Waals surface area contributed by atoms with Crippen molar-refractivity contribution in [3.63, 3.8) is 0 Å². The average Bonchev–Trinajstić information content (AvgIpc) is 3.26. The van der Waals surface area contributed by atoms with E-state index in [1.54, 1.807) is 12.4 Å². The largest absolute Gasteiger partial charge is 0.493 e. The number of aliphatic carboxylic acids is 1. The lowest BCUT2D eigenvalue weighted by atomic mass is 10.1. The molecule has 1 aliphatic heterocycles. The van der Waals surface area contributed by atoms with Gasteiger partial charge in [-0.1, -0.05) is 6.07 Å². The van der Waals surface area contributed by atoms with Crippen LogP contribution in [0.5, 0.6) is 5.75 Å². The van der Waals surface area contributed by atoms with Crippen LogP contribution in [-0.4, -0.2) is 38.8 Å². The van der Waals surface area contributed by atoms with Gasteiger partial charge in [0.15, 0.2) is 0 Å². The third-order valence-electron chi connectivity index (χ3n) is 6.03. The molecule has 0 radical (unpaired) electrons. The SMILES string of the molecule is O=C(O)CC(c1cccnc1)n1ccc2cc(OCCc3ccc4c(n3)CCCN4)ccc21. The molecule has 0 fully saturated rings. The van der Waals surface area contributed by atoms with E-state index in [0.717, 1.165) is 65.1 Å². The molecule has 1 aromatic carbocycles. The molecule has 7 heteroatoms. The smallest absolute Gasteiger partial charge is 0.305 e. The summed E-state index contributed by atoms with van der Waals surface area (Å²) in [5.41, 5.74) is 5.16. The molecule has 33 heavy (non-hydrogen) atoms. The summed E-state index contributed by atoms with van der Waals surface area (Å²) in [6, 6.07) is 15.5. The van der Waals surface area contributed by atoms with Crippen molar-refractivity contribution >= 4 is 22.6 Å². The van der Waals surface area contributed by atoms with E-state index in [0.29, 0.717) is 6.61 Å². The molecule has 0 saturated heterocycles. The van der Waals surface area contributed by atoms with Gasteiger partial charge in [-0.15, -0.1) is 0 Å². The van der Waals surface area contributed by atoms with E-state index in [4.69, 9.17) is 9.72 Å². The third kappa shape index (κ3) is 4.67. The molecular weight excluding hydrogens is 416 g/mol. The fourth-order valence-electron chi connectivity index (χ4n) is 4.41. The maximum absolute atomic E-state index is 11.5. The fourth-order valence-corrected chi connectivity index (χ4v) is 4.41. The minimum atomic E-state index is -0.850. The van der Waals surface area contributed by atoms with Gasteiger partial charge in [0.2, 0.25) is 0 Å². The van der Waals surface area contributed by atoms with Crippen LogP contribution in [-0.2, 0) is 17.6 Å². The molecule has 168 valence electrons. The van der Waals surface area contributed by atoms with Crippen molar-refractivity contribution in [1.29, 1.82) is 0 Å². The maximum Gasteiger partial charge on any atom is 0.305 e. The van der Waals surface area contributed by atoms with Crippen molar-refractivity contribution in [3.8, 4) is 5.75 Å². The van der Waals surface area contributed by atoms with Crippen LogP contribution in [0, 0.1) is 0 Å². The Morgan fingerprint density at radius 1 is 1.21 bits per heavy atom. The number of nitrogens with zero attached hydrogens (tertiary/aromatic N) is 3. The van der Waals surface area contributed by atoms with E-state index in [2.05, 4.69) is 22.4 Å². The Kier molecular flexibility index (Phi) is 5.93. The lowest BCUT2D eigenvalue weighted by molar-refractivity contribution is -0.137. The molecule has 0 amide bonds. The molecule has 1 atom stereocenters. The van der Waals surface area contributed by atoms with Gasteiger partial charge in [0.25, 0.3) is 0 Å². The van der Waals surface area contributed by atoms with Crippen LogP contribution in [0.15, 0.2) is 67.1 Å². The molecule has 1 aliphatic rings. The van der Waals surface area contributed by atoms with E-state index in [9.17, 15) is 9.90 Å². The molecule has 2 N–H and O–H groups in total. The number of hydrogen-bond donors (Lipinski definition) is 2. The number of benzene rings is 1. The number of ether oxygens (including phenoxy) is 1. The first-order valence-electron chi connectivity index (χ1n) is 11.3. The average molecular weight is 443 g/mol. The molecule has 7 nitrogen and oxygen atoms in total. The highest BCUT2D eigenvalue weighted by Gasteiger charge is 2.19. The zero-order valence-electron chi connectivity index (χ0n) is 18.3. The first-order valence-corrected chi connectivity index (χ1v) is 11.3. The minimum absolute atomic E-state index is 0.0168. The van der Waals surface area contributed by atoms with Gasteiger partial charge in [-0.25, -0.2) is 0 Å². The summed E-state index contributed by atoms with van der Waals surface area (Å²) in [5, 5.41) is 13.8. The van der Waals surface area contributed by atoms with E-state index >= 15 is 0 Å². The molecule has 5 rings (SSSR count). The number of hydrogen-bond acceptors (Lipinski definition) is 5. The number of carboxylic acid groups (broad SMARTS) is 1. The summed E-state index contributed by atoms with van der Waals surface area (Å²) >= 11 is 0. The van der Waals surface area contributed by atoms with Crippen molar-refractivity contribution in [2.45, 2.75) is 31.7 Å². The highest BCUT2D eigenvalue weighted by molar-refractivity contribution is 5.82. The van der Waals surface area contributed by atoms with Gasteiger partial charge in [-0.05, 0) is 60.9 Å². The van der Waals surface area contributed by atoms with E-state index in [1.165, 1.54) is 0 Å². The summed E-state index contributed by atoms with van der Waals surface area (Å²) in [6.45, 7) is 1.56. The number of carboxylic acids is 1. The van der Waals surface area contributed by atoms with Gasteiger partial charge in [0.05, 0.1) is 30.5 Å². The van der Waals surface area contributed by atoms with E-state index < -0.39 is 5.97 Å². The van der Waals surface area contributed by atoms with Gasteiger partial charge in [-0.2, -0.15) is 0 Å². The zero-order chi connectivity index (χ0) is 22.6. The van der Waals surface area contributed by atoms with Crippen LogP contribution in [0.1, 0.15) is 35.8 Å². The number of aromatic nitrogens is 3. The van der Waals surface area contributed by atoms with Crippen LogP contribution in [0.4, 0.5) is 5.69 Å². The van der Waals surface area contributed by atoms with Crippen molar-refractivity contribution in [1.82, 2.24) is 14.5 Å². The summed E-state index contributed by atoms with van der Waals surface area (Å²) in [7, 11) is 0. The number of pyridine rings is 2.